The number of ether oxygens (including phenoxy) is 1. The van der Waals surface area contributed by atoms with E-state index in [-0.39, 0.29) is 17.7 Å². The van der Waals surface area contributed by atoms with Crippen molar-refractivity contribution in [2.75, 3.05) is 20.2 Å². The van der Waals surface area contributed by atoms with E-state index in [4.69, 9.17) is 9.15 Å². The molecule has 0 unspecified atom stereocenters. The minimum Gasteiger partial charge on any atom is -0.497 e. The standard InChI is InChI=1S/C19H22N2O4/c1-24-17-6-4-14(5-7-17)11-20-18(22)15-3-2-9-21(12-15)19(23)16-8-10-25-13-16/h4-8,10,13,15H,2-3,9,11-12H2,1H3,(H,20,22)/t15-/m0/s1. The summed E-state index contributed by atoms with van der Waals surface area (Å²) in [6.07, 6.45) is 4.54. The van der Waals surface area contributed by atoms with Gasteiger partial charge in [-0.15, -0.1) is 0 Å². The first-order valence-electron chi connectivity index (χ1n) is 8.39. The number of methoxy groups -OCH3 is 1. The Morgan fingerprint density at radius 1 is 1.28 bits per heavy atom. The lowest BCUT2D eigenvalue weighted by Gasteiger charge is -2.31. The van der Waals surface area contributed by atoms with E-state index in [0.717, 1.165) is 24.2 Å². The summed E-state index contributed by atoms with van der Waals surface area (Å²) in [5, 5.41) is 2.96. The first-order chi connectivity index (χ1) is 12.2. The molecule has 0 saturated carbocycles. The summed E-state index contributed by atoms with van der Waals surface area (Å²) in [6.45, 7) is 1.58. The van der Waals surface area contributed by atoms with Crippen molar-refractivity contribution < 1.29 is 18.7 Å². The van der Waals surface area contributed by atoms with E-state index in [1.807, 2.05) is 24.3 Å². The van der Waals surface area contributed by atoms with Crippen molar-refractivity contribution in [1.82, 2.24) is 10.2 Å². The predicted molar refractivity (Wildman–Crippen MR) is 92.2 cm³/mol. The topological polar surface area (TPSA) is 71.8 Å². The fourth-order valence-electron chi connectivity index (χ4n) is 3.02. The molecule has 0 bridgehead atoms. The molecule has 0 radical (unpaired) electrons. The second kappa shape index (κ2) is 7.88. The highest BCUT2D eigenvalue weighted by atomic mass is 16.5. The quantitative estimate of drug-likeness (QED) is 0.906. The molecule has 25 heavy (non-hydrogen) atoms. The number of nitrogens with zero attached hydrogens (tertiary/aromatic N) is 1. The van der Waals surface area contributed by atoms with Gasteiger partial charge in [0.15, 0.2) is 0 Å². The molecule has 3 rings (SSSR count). The molecule has 1 aliphatic rings. The number of carbonyl (C=O) groups excluding carboxylic acids is 2. The Bertz CT molecular complexity index is 710. The number of piperidine rings is 1. The van der Waals surface area contributed by atoms with Crippen LogP contribution in [0.2, 0.25) is 0 Å². The van der Waals surface area contributed by atoms with Gasteiger partial charge in [0.2, 0.25) is 5.91 Å². The van der Waals surface area contributed by atoms with Gasteiger partial charge in [0, 0.05) is 19.6 Å². The number of carbonyl (C=O) groups is 2. The molecule has 1 aromatic heterocycles. The maximum Gasteiger partial charge on any atom is 0.257 e. The fourth-order valence-corrected chi connectivity index (χ4v) is 3.02. The average Bonchev–Trinajstić information content (AvgIpc) is 3.20. The Morgan fingerprint density at radius 3 is 2.76 bits per heavy atom. The Balaban J connectivity index is 1.53. The van der Waals surface area contributed by atoms with E-state index in [2.05, 4.69) is 5.32 Å². The maximum atomic E-state index is 12.5. The van der Waals surface area contributed by atoms with Crippen LogP contribution in [-0.4, -0.2) is 36.9 Å². The third-order valence-corrected chi connectivity index (χ3v) is 4.47. The lowest BCUT2D eigenvalue weighted by molar-refractivity contribution is -0.126. The van der Waals surface area contributed by atoms with Crippen LogP contribution in [0.3, 0.4) is 0 Å². The van der Waals surface area contributed by atoms with Crippen molar-refractivity contribution in [3.63, 3.8) is 0 Å². The summed E-state index contributed by atoms with van der Waals surface area (Å²) < 4.78 is 10.1. The Kier molecular flexibility index (Phi) is 5.38. The van der Waals surface area contributed by atoms with E-state index in [1.165, 1.54) is 12.5 Å². The van der Waals surface area contributed by atoms with Crippen LogP contribution in [0, 0.1) is 5.92 Å². The van der Waals surface area contributed by atoms with Crippen molar-refractivity contribution >= 4 is 11.8 Å². The first kappa shape index (κ1) is 17.1. The minimum absolute atomic E-state index is 0.0134. The van der Waals surface area contributed by atoms with Crippen LogP contribution in [0.15, 0.2) is 47.3 Å². The number of rotatable bonds is 5. The molecule has 1 aliphatic heterocycles. The van der Waals surface area contributed by atoms with Gasteiger partial charge in [-0.1, -0.05) is 12.1 Å². The molecule has 132 valence electrons. The van der Waals surface area contributed by atoms with Crippen LogP contribution >= 0.6 is 0 Å². The summed E-state index contributed by atoms with van der Waals surface area (Å²) in [5.41, 5.74) is 1.54. The molecule has 2 aromatic rings. The molecule has 2 amide bonds. The number of amides is 2. The van der Waals surface area contributed by atoms with Crippen LogP contribution in [0.25, 0.3) is 0 Å². The van der Waals surface area contributed by atoms with Gasteiger partial charge in [-0.3, -0.25) is 9.59 Å². The van der Waals surface area contributed by atoms with Crippen molar-refractivity contribution in [2.24, 2.45) is 5.92 Å². The summed E-state index contributed by atoms with van der Waals surface area (Å²) in [4.78, 5) is 26.6. The molecular weight excluding hydrogens is 320 g/mol. The van der Waals surface area contributed by atoms with Gasteiger partial charge in [0.1, 0.15) is 12.0 Å². The largest absolute Gasteiger partial charge is 0.497 e. The van der Waals surface area contributed by atoms with Crippen molar-refractivity contribution in [1.29, 1.82) is 0 Å². The van der Waals surface area contributed by atoms with Gasteiger partial charge in [-0.2, -0.15) is 0 Å². The second-order valence-corrected chi connectivity index (χ2v) is 6.17. The van der Waals surface area contributed by atoms with Crippen molar-refractivity contribution in [3.05, 3.63) is 54.0 Å². The molecule has 1 fully saturated rings. The van der Waals surface area contributed by atoms with Crippen LogP contribution in [-0.2, 0) is 11.3 Å². The maximum absolute atomic E-state index is 12.5. The Labute approximate surface area is 146 Å². The van der Waals surface area contributed by atoms with Gasteiger partial charge in [-0.05, 0) is 36.6 Å². The zero-order valence-electron chi connectivity index (χ0n) is 14.2. The molecule has 6 nitrogen and oxygen atoms in total. The highest BCUT2D eigenvalue weighted by Crippen LogP contribution is 2.19. The molecule has 0 spiro atoms. The number of likely N-dealkylation sites (tertiary alicyclic amines) is 1. The zero-order valence-corrected chi connectivity index (χ0v) is 14.2. The van der Waals surface area contributed by atoms with Crippen LogP contribution in [0.4, 0.5) is 0 Å². The molecule has 1 N–H and O–H groups in total. The fraction of sp³-hybridized carbons (Fsp3) is 0.368. The third-order valence-electron chi connectivity index (χ3n) is 4.47. The number of hydrogen-bond donors (Lipinski definition) is 1. The normalized spacial score (nSPS) is 17.2. The minimum atomic E-state index is -0.178. The lowest BCUT2D eigenvalue weighted by atomic mass is 9.96. The highest BCUT2D eigenvalue weighted by molar-refractivity contribution is 5.94. The van der Waals surface area contributed by atoms with Crippen LogP contribution in [0.5, 0.6) is 5.75 Å². The molecule has 2 heterocycles. The summed E-state index contributed by atoms with van der Waals surface area (Å²) in [6, 6.07) is 9.24. The van der Waals surface area contributed by atoms with Gasteiger partial charge in [0.05, 0.1) is 24.9 Å². The summed E-state index contributed by atoms with van der Waals surface area (Å²) >= 11 is 0. The van der Waals surface area contributed by atoms with E-state index >= 15 is 0 Å². The SMILES string of the molecule is COc1ccc(CNC(=O)[C@H]2CCCN(C(=O)c3ccoc3)C2)cc1. The number of furan rings is 1. The Morgan fingerprint density at radius 2 is 2.08 bits per heavy atom. The van der Waals surface area contributed by atoms with E-state index in [9.17, 15) is 9.59 Å². The second-order valence-electron chi connectivity index (χ2n) is 6.17. The summed E-state index contributed by atoms with van der Waals surface area (Å²) in [7, 11) is 1.62. The first-order valence-corrected chi connectivity index (χ1v) is 8.39. The van der Waals surface area contributed by atoms with Crippen molar-refractivity contribution in [3.8, 4) is 5.75 Å². The van der Waals surface area contributed by atoms with Crippen LogP contribution < -0.4 is 10.1 Å². The average molecular weight is 342 g/mol. The van der Waals surface area contributed by atoms with Gasteiger partial charge >= 0.3 is 0 Å². The summed E-state index contributed by atoms with van der Waals surface area (Å²) in [5.74, 6) is 0.514. The number of benzene rings is 1. The molecule has 0 aliphatic carbocycles. The predicted octanol–water partition coefficient (Wildman–Crippen LogP) is 2.46. The zero-order chi connectivity index (χ0) is 17.6. The lowest BCUT2D eigenvalue weighted by Crippen LogP contribution is -2.45. The third kappa shape index (κ3) is 4.21. The highest BCUT2D eigenvalue weighted by Gasteiger charge is 2.29. The molecule has 6 heteroatoms. The van der Waals surface area contributed by atoms with Gasteiger partial charge in [-0.25, -0.2) is 0 Å². The van der Waals surface area contributed by atoms with Crippen LogP contribution in [0.1, 0.15) is 28.8 Å². The monoisotopic (exact) mass is 342 g/mol. The smallest absolute Gasteiger partial charge is 0.257 e. The van der Waals surface area contributed by atoms with Gasteiger partial charge in [0.25, 0.3) is 5.91 Å². The molecular formula is C19H22N2O4. The molecule has 1 saturated heterocycles. The number of hydrogen-bond acceptors (Lipinski definition) is 4. The van der Waals surface area contributed by atoms with E-state index in [0.29, 0.717) is 25.2 Å². The Hall–Kier alpha value is -2.76. The number of nitrogens with one attached hydrogen (secondary N) is 1. The molecule has 1 atom stereocenters. The van der Waals surface area contributed by atoms with E-state index < -0.39 is 0 Å². The molecule has 1 aromatic carbocycles. The van der Waals surface area contributed by atoms with Gasteiger partial charge < -0.3 is 19.4 Å². The van der Waals surface area contributed by atoms with E-state index in [1.54, 1.807) is 18.1 Å². The van der Waals surface area contributed by atoms with Crippen molar-refractivity contribution in [2.45, 2.75) is 19.4 Å².